The summed E-state index contributed by atoms with van der Waals surface area (Å²) in [5.41, 5.74) is 0.915. The molecule has 3 aliphatic heterocycles. The van der Waals surface area contributed by atoms with Gasteiger partial charge in [-0.2, -0.15) is 0 Å². The van der Waals surface area contributed by atoms with Gasteiger partial charge in [-0.1, -0.05) is 0 Å². The highest BCUT2D eigenvalue weighted by Gasteiger charge is 2.50. The van der Waals surface area contributed by atoms with E-state index in [9.17, 15) is 14.4 Å². The minimum absolute atomic E-state index is 0.246. The predicted molar refractivity (Wildman–Crippen MR) is 101 cm³/mol. The molecular weight excluding hydrogens is 362 g/mol. The molecule has 3 heterocycles. The molecule has 1 aromatic rings. The molecule has 2 saturated heterocycles. The van der Waals surface area contributed by atoms with E-state index in [4.69, 9.17) is 9.47 Å². The lowest BCUT2D eigenvalue weighted by molar-refractivity contribution is -0.120. The van der Waals surface area contributed by atoms with Gasteiger partial charge in [0, 0.05) is 18.7 Å². The zero-order chi connectivity index (χ0) is 20.1. The molecule has 8 heteroatoms. The molecule has 2 fully saturated rings. The van der Waals surface area contributed by atoms with Crippen LogP contribution in [-0.4, -0.2) is 53.8 Å². The number of carbonyl (C=O) groups excluding carboxylic acids is 3. The third-order valence-corrected chi connectivity index (χ3v) is 5.20. The minimum Gasteiger partial charge on any atom is -0.483 e. The zero-order valence-corrected chi connectivity index (χ0v) is 16.4. The summed E-state index contributed by atoms with van der Waals surface area (Å²) in [6.07, 6.45) is 1.59. The molecule has 0 aromatic heterocycles. The predicted octanol–water partition coefficient (Wildman–Crippen LogP) is 2.45. The number of imide groups is 1. The van der Waals surface area contributed by atoms with Crippen molar-refractivity contribution in [2.45, 2.75) is 51.2 Å². The van der Waals surface area contributed by atoms with Crippen LogP contribution in [-0.2, 0) is 16.0 Å². The van der Waals surface area contributed by atoms with E-state index in [0.29, 0.717) is 26.1 Å². The molecule has 8 nitrogen and oxygen atoms in total. The van der Waals surface area contributed by atoms with E-state index in [-0.39, 0.29) is 17.6 Å². The van der Waals surface area contributed by atoms with Gasteiger partial charge in [-0.25, -0.2) is 9.59 Å². The second-order valence-electron chi connectivity index (χ2n) is 8.67. The first-order chi connectivity index (χ1) is 13.1. The summed E-state index contributed by atoms with van der Waals surface area (Å²) in [5, 5.41) is 2.34. The van der Waals surface area contributed by atoms with Crippen LogP contribution < -0.4 is 15.0 Å². The number of nitrogens with one attached hydrogen (secondary N) is 1. The molecule has 28 heavy (non-hydrogen) atoms. The van der Waals surface area contributed by atoms with Crippen molar-refractivity contribution in [3.63, 3.8) is 0 Å². The molecule has 0 radical (unpaired) electrons. The zero-order valence-electron chi connectivity index (χ0n) is 16.4. The molecule has 0 atom stereocenters. The number of hydrogen-bond donors (Lipinski definition) is 1. The summed E-state index contributed by atoms with van der Waals surface area (Å²) in [5.74, 6) is 0.538. The van der Waals surface area contributed by atoms with E-state index < -0.39 is 11.6 Å². The van der Waals surface area contributed by atoms with Crippen LogP contribution in [0.3, 0.4) is 0 Å². The fourth-order valence-corrected chi connectivity index (χ4v) is 3.81. The van der Waals surface area contributed by atoms with Crippen LogP contribution in [0.1, 0.15) is 39.2 Å². The molecule has 150 valence electrons. The molecule has 3 aliphatic rings. The van der Waals surface area contributed by atoms with Gasteiger partial charge in [-0.3, -0.25) is 15.0 Å². The van der Waals surface area contributed by atoms with Gasteiger partial charge in [0.2, 0.25) is 5.91 Å². The quantitative estimate of drug-likeness (QED) is 0.800. The Morgan fingerprint density at radius 2 is 1.96 bits per heavy atom. The van der Waals surface area contributed by atoms with Gasteiger partial charge < -0.3 is 14.4 Å². The van der Waals surface area contributed by atoms with Crippen molar-refractivity contribution in [2.75, 3.05) is 24.5 Å². The highest BCUT2D eigenvalue weighted by Crippen LogP contribution is 2.40. The van der Waals surface area contributed by atoms with E-state index >= 15 is 0 Å². The standard InChI is InChI=1S/C20H25N3O5/c1-19(2,3)28-18(26)22-11-20(12-22)8-6-13-10-14(4-5-15(13)27-20)23-9-7-16(24)21-17(23)25/h4-5,10H,6-9,11-12H2,1-3H3,(H,21,24,25). The van der Waals surface area contributed by atoms with Crippen molar-refractivity contribution in [1.82, 2.24) is 10.2 Å². The Hall–Kier alpha value is -2.77. The normalized spacial score (nSPS) is 20.8. The number of fused-ring (bicyclic) bond motifs is 1. The third kappa shape index (κ3) is 3.50. The summed E-state index contributed by atoms with van der Waals surface area (Å²) in [6, 6.07) is 5.25. The maximum atomic E-state index is 12.2. The lowest BCUT2D eigenvalue weighted by Crippen LogP contribution is -2.67. The molecule has 0 unspecified atom stereocenters. The Bertz CT molecular complexity index is 839. The van der Waals surface area contributed by atoms with Crippen LogP contribution in [0.2, 0.25) is 0 Å². The molecule has 0 aliphatic carbocycles. The minimum atomic E-state index is -0.512. The number of amides is 4. The van der Waals surface area contributed by atoms with Gasteiger partial charge >= 0.3 is 12.1 Å². The summed E-state index contributed by atoms with van der Waals surface area (Å²) in [6.45, 7) is 6.95. The first-order valence-electron chi connectivity index (χ1n) is 9.55. The Morgan fingerprint density at radius 1 is 1.21 bits per heavy atom. The number of ether oxygens (including phenoxy) is 2. The molecular formula is C20H25N3O5. The highest BCUT2D eigenvalue weighted by molar-refractivity contribution is 6.05. The van der Waals surface area contributed by atoms with Crippen molar-refractivity contribution in [2.24, 2.45) is 0 Å². The van der Waals surface area contributed by atoms with Gasteiger partial charge in [0.15, 0.2) is 0 Å². The SMILES string of the molecule is CC(C)(C)OC(=O)N1CC2(CCc3cc(N4CCC(=O)NC4=O)ccc3O2)C1. The number of anilines is 1. The van der Waals surface area contributed by atoms with Crippen LogP contribution in [0.25, 0.3) is 0 Å². The van der Waals surface area contributed by atoms with Crippen LogP contribution in [0.5, 0.6) is 5.75 Å². The summed E-state index contributed by atoms with van der Waals surface area (Å²) >= 11 is 0. The third-order valence-electron chi connectivity index (χ3n) is 5.20. The van der Waals surface area contributed by atoms with E-state index in [1.54, 1.807) is 9.80 Å². The number of aryl methyl sites for hydroxylation is 1. The van der Waals surface area contributed by atoms with E-state index in [0.717, 1.165) is 29.8 Å². The van der Waals surface area contributed by atoms with E-state index in [1.165, 1.54) is 0 Å². The fourth-order valence-electron chi connectivity index (χ4n) is 3.81. The first kappa shape index (κ1) is 18.6. The second kappa shape index (κ2) is 6.39. The number of carbonyl (C=O) groups is 3. The van der Waals surface area contributed by atoms with E-state index in [2.05, 4.69) is 5.32 Å². The Labute approximate surface area is 163 Å². The van der Waals surface area contributed by atoms with E-state index in [1.807, 2.05) is 39.0 Å². The van der Waals surface area contributed by atoms with Gasteiger partial charge in [-0.15, -0.1) is 0 Å². The smallest absolute Gasteiger partial charge is 0.410 e. The number of urea groups is 1. The van der Waals surface area contributed by atoms with Gasteiger partial charge in [-0.05, 0) is 57.4 Å². The molecule has 1 aromatic carbocycles. The van der Waals surface area contributed by atoms with Gasteiger partial charge in [0.25, 0.3) is 0 Å². The molecule has 4 rings (SSSR count). The van der Waals surface area contributed by atoms with Crippen LogP contribution in [0.15, 0.2) is 18.2 Å². The Balaban J connectivity index is 1.41. The average molecular weight is 387 g/mol. The number of hydrogen-bond acceptors (Lipinski definition) is 5. The monoisotopic (exact) mass is 387 g/mol. The maximum absolute atomic E-state index is 12.2. The fraction of sp³-hybridized carbons (Fsp3) is 0.550. The molecule has 1 N–H and O–H groups in total. The summed E-state index contributed by atoms with van der Waals surface area (Å²) in [4.78, 5) is 38.8. The lowest BCUT2D eigenvalue weighted by atomic mass is 9.84. The Morgan fingerprint density at radius 3 is 2.64 bits per heavy atom. The highest BCUT2D eigenvalue weighted by atomic mass is 16.6. The van der Waals surface area contributed by atoms with Crippen LogP contribution >= 0.6 is 0 Å². The number of benzene rings is 1. The largest absolute Gasteiger partial charge is 0.483 e. The van der Waals surface area contributed by atoms with Crippen molar-refractivity contribution >= 4 is 23.7 Å². The van der Waals surface area contributed by atoms with Gasteiger partial charge in [0.1, 0.15) is 17.0 Å². The molecule has 4 amide bonds. The molecule has 0 saturated carbocycles. The van der Waals surface area contributed by atoms with Crippen LogP contribution in [0.4, 0.5) is 15.3 Å². The topological polar surface area (TPSA) is 88.2 Å². The molecule has 0 bridgehead atoms. The van der Waals surface area contributed by atoms with Gasteiger partial charge in [0.05, 0.1) is 13.1 Å². The van der Waals surface area contributed by atoms with Crippen molar-refractivity contribution in [1.29, 1.82) is 0 Å². The van der Waals surface area contributed by atoms with Crippen molar-refractivity contribution in [3.05, 3.63) is 23.8 Å². The average Bonchev–Trinajstić information content (AvgIpc) is 2.57. The first-order valence-corrected chi connectivity index (χ1v) is 9.55. The van der Waals surface area contributed by atoms with Crippen molar-refractivity contribution in [3.8, 4) is 5.75 Å². The Kier molecular flexibility index (Phi) is 4.24. The summed E-state index contributed by atoms with van der Waals surface area (Å²) < 4.78 is 11.6. The number of likely N-dealkylation sites (tertiary alicyclic amines) is 1. The molecule has 1 spiro atoms. The van der Waals surface area contributed by atoms with Crippen LogP contribution in [0, 0.1) is 0 Å². The summed E-state index contributed by atoms with van der Waals surface area (Å²) in [7, 11) is 0. The lowest BCUT2D eigenvalue weighted by Gasteiger charge is -2.51. The second-order valence-corrected chi connectivity index (χ2v) is 8.67. The maximum Gasteiger partial charge on any atom is 0.410 e. The number of nitrogens with zero attached hydrogens (tertiary/aromatic N) is 2. The number of rotatable bonds is 1. The van der Waals surface area contributed by atoms with Crippen molar-refractivity contribution < 1.29 is 23.9 Å².